The Morgan fingerprint density at radius 2 is 2.05 bits per heavy atom. The molecule has 2 atom stereocenters. The van der Waals surface area contributed by atoms with Gasteiger partial charge in [0.25, 0.3) is 0 Å². The van der Waals surface area contributed by atoms with Gasteiger partial charge < -0.3 is 10.1 Å². The van der Waals surface area contributed by atoms with Gasteiger partial charge in [0.05, 0.1) is 35.2 Å². The van der Waals surface area contributed by atoms with Gasteiger partial charge in [-0.15, -0.1) is 0 Å². The summed E-state index contributed by atoms with van der Waals surface area (Å²) in [5, 5.41) is 8.72. The molecular formula is C15H26ClN3O. The van der Waals surface area contributed by atoms with Crippen LogP contribution >= 0.6 is 11.6 Å². The van der Waals surface area contributed by atoms with E-state index in [9.17, 15) is 0 Å². The van der Waals surface area contributed by atoms with Crippen LogP contribution in [0.1, 0.15) is 38.1 Å². The first kappa shape index (κ1) is 15.8. The molecule has 1 aromatic heterocycles. The van der Waals surface area contributed by atoms with Gasteiger partial charge in [-0.3, -0.25) is 4.68 Å². The fraction of sp³-hybridized carbons (Fsp3) is 0.800. The molecule has 2 heterocycles. The number of hydrogen-bond donors (Lipinski definition) is 1. The second kappa shape index (κ2) is 6.92. The molecule has 2 rings (SSSR count). The van der Waals surface area contributed by atoms with Gasteiger partial charge in [0.15, 0.2) is 0 Å². The zero-order valence-corrected chi connectivity index (χ0v) is 13.7. The van der Waals surface area contributed by atoms with E-state index in [-0.39, 0.29) is 6.10 Å². The zero-order chi connectivity index (χ0) is 14.7. The van der Waals surface area contributed by atoms with Crippen molar-refractivity contribution in [1.82, 2.24) is 15.1 Å². The van der Waals surface area contributed by atoms with Gasteiger partial charge >= 0.3 is 0 Å². The number of hydrogen-bond acceptors (Lipinski definition) is 3. The first-order valence-electron chi connectivity index (χ1n) is 7.53. The number of rotatable bonds is 6. The maximum Gasteiger partial charge on any atom is 0.0844 e. The highest BCUT2D eigenvalue weighted by Gasteiger charge is 2.26. The van der Waals surface area contributed by atoms with E-state index >= 15 is 0 Å². The summed E-state index contributed by atoms with van der Waals surface area (Å²) < 4.78 is 8.06. The van der Waals surface area contributed by atoms with Crippen molar-refractivity contribution in [3.8, 4) is 0 Å². The molecule has 1 aromatic rings. The lowest BCUT2D eigenvalue weighted by atomic mass is 10.2. The van der Waals surface area contributed by atoms with E-state index in [2.05, 4.69) is 24.3 Å². The lowest BCUT2D eigenvalue weighted by molar-refractivity contribution is 0.0336. The molecule has 1 saturated heterocycles. The first-order chi connectivity index (χ1) is 9.47. The van der Waals surface area contributed by atoms with Crippen LogP contribution in [0.15, 0.2) is 0 Å². The minimum Gasteiger partial charge on any atom is -0.372 e. The van der Waals surface area contributed by atoms with Crippen molar-refractivity contribution in [3.05, 3.63) is 16.4 Å². The summed E-state index contributed by atoms with van der Waals surface area (Å²) in [6, 6.07) is 0. The van der Waals surface area contributed by atoms with Crippen LogP contribution in [0.3, 0.4) is 0 Å². The number of ether oxygens (including phenoxy) is 1. The molecule has 0 amide bonds. The van der Waals surface area contributed by atoms with E-state index in [1.165, 1.54) is 0 Å². The molecule has 0 aromatic carbocycles. The van der Waals surface area contributed by atoms with Gasteiger partial charge in [-0.05, 0) is 39.2 Å². The Morgan fingerprint density at radius 1 is 1.35 bits per heavy atom. The summed E-state index contributed by atoms with van der Waals surface area (Å²) in [4.78, 5) is 0. The molecule has 4 nitrogen and oxygen atoms in total. The van der Waals surface area contributed by atoms with Crippen LogP contribution in [0, 0.1) is 19.8 Å². The minimum absolute atomic E-state index is 0.259. The molecule has 0 saturated carbocycles. The van der Waals surface area contributed by atoms with Crippen molar-refractivity contribution in [2.45, 2.75) is 59.3 Å². The number of nitrogens with zero attached hydrogens (tertiary/aromatic N) is 2. The Bertz CT molecular complexity index is 445. The molecule has 5 heteroatoms. The van der Waals surface area contributed by atoms with E-state index in [0.29, 0.717) is 12.0 Å². The van der Waals surface area contributed by atoms with Crippen LogP contribution in [0.4, 0.5) is 0 Å². The molecule has 2 unspecified atom stereocenters. The average molecular weight is 300 g/mol. The number of aromatic nitrogens is 2. The van der Waals surface area contributed by atoms with E-state index in [1.54, 1.807) is 0 Å². The summed E-state index contributed by atoms with van der Waals surface area (Å²) in [7, 11) is 0. The van der Waals surface area contributed by atoms with Crippen molar-refractivity contribution < 1.29 is 4.74 Å². The minimum atomic E-state index is 0.259. The van der Waals surface area contributed by atoms with E-state index in [1.807, 2.05) is 18.5 Å². The monoisotopic (exact) mass is 299 g/mol. The smallest absolute Gasteiger partial charge is 0.0844 e. The van der Waals surface area contributed by atoms with Crippen molar-refractivity contribution in [2.24, 2.45) is 5.92 Å². The van der Waals surface area contributed by atoms with Gasteiger partial charge in [-0.25, -0.2) is 0 Å². The lowest BCUT2D eigenvalue weighted by Gasteiger charge is -2.16. The third-order valence-electron chi connectivity index (χ3n) is 3.79. The average Bonchev–Trinajstić information content (AvgIpc) is 2.91. The lowest BCUT2D eigenvalue weighted by Crippen LogP contribution is -2.30. The van der Waals surface area contributed by atoms with Crippen LogP contribution in [-0.4, -0.2) is 35.1 Å². The van der Waals surface area contributed by atoms with Crippen LogP contribution in [0.5, 0.6) is 0 Å². The molecule has 1 aliphatic heterocycles. The van der Waals surface area contributed by atoms with Crippen molar-refractivity contribution >= 4 is 11.6 Å². The maximum absolute atomic E-state index is 6.18. The van der Waals surface area contributed by atoms with Crippen LogP contribution < -0.4 is 5.32 Å². The van der Waals surface area contributed by atoms with Gasteiger partial charge in [0, 0.05) is 6.54 Å². The SMILES string of the molecule is Cc1nn(CC2CCC(CNCC(C)C)O2)c(C)c1Cl. The van der Waals surface area contributed by atoms with Gasteiger partial charge in [-0.1, -0.05) is 25.4 Å². The van der Waals surface area contributed by atoms with E-state index < -0.39 is 0 Å². The highest BCUT2D eigenvalue weighted by Crippen LogP contribution is 2.24. The summed E-state index contributed by atoms with van der Waals surface area (Å²) in [5.74, 6) is 0.684. The summed E-state index contributed by atoms with van der Waals surface area (Å²) in [5.41, 5.74) is 1.94. The molecule has 0 radical (unpaired) electrons. The summed E-state index contributed by atoms with van der Waals surface area (Å²) >= 11 is 6.18. The topological polar surface area (TPSA) is 39.1 Å². The molecular weight excluding hydrogens is 274 g/mol. The van der Waals surface area contributed by atoms with Gasteiger partial charge in [0.2, 0.25) is 0 Å². The van der Waals surface area contributed by atoms with Crippen LogP contribution in [0.2, 0.25) is 5.02 Å². The van der Waals surface area contributed by atoms with Crippen molar-refractivity contribution in [1.29, 1.82) is 0 Å². The van der Waals surface area contributed by atoms with Gasteiger partial charge in [-0.2, -0.15) is 5.10 Å². The Hall–Kier alpha value is -0.580. The Labute approximate surface area is 126 Å². The molecule has 0 spiro atoms. The molecule has 1 aliphatic rings. The Balaban J connectivity index is 1.79. The predicted octanol–water partition coefficient (Wildman–Crippen LogP) is 2.95. The molecule has 0 aliphatic carbocycles. The van der Waals surface area contributed by atoms with Crippen molar-refractivity contribution in [3.63, 3.8) is 0 Å². The second-order valence-corrected chi connectivity index (χ2v) is 6.55. The van der Waals surface area contributed by atoms with E-state index in [4.69, 9.17) is 16.3 Å². The molecule has 114 valence electrons. The molecule has 0 bridgehead atoms. The highest BCUT2D eigenvalue weighted by molar-refractivity contribution is 6.31. The third kappa shape index (κ3) is 3.96. The van der Waals surface area contributed by atoms with E-state index in [0.717, 1.165) is 48.9 Å². The largest absolute Gasteiger partial charge is 0.372 e. The Morgan fingerprint density at radius 3 is 2.65 bits per heavy atom. The standard InChI is InChI=1S/C15H26ClN3O/c1-10(2)7-17-8-13-5-6-14(20-13)9-19-12(4)15(16)11(3)18-19/h10,13-14,17H,5-9H2,1-4H3. The quantitative estimate of drug-likeness (QED) is 0.878. The normalized spacial score (nSPS) is 22.9. The zero-order valence-electron chi connectivity index (χ0n) is 12.9. The van der Waals surface area contributed by atoms with Crippen molar-refractivity contribution in [2.75, 3.05) is 13.1 Å². The predicted molar refractivity (Wildman–Crippen MR) is 82.3 cm³/mol. The first-order valence-corrected chi connectivity index (χ1v) is 7.90. The molecule has 1 N–H and O–H groups in total. The number of nitrogens with one attached hydrogen (secondary N) is 1. The van der Waals surface area contributed by atoms with Crippen LogP contribution in [0.25, 0.3) is 0 Å². The fourth-order valence-corrected chi connectivity index (χ4v) is 2.78. The van der Waals surface area contributed by atoms with Gasteiger partial charge in [0.1, 0.15) is 0 Å². The number of aryl methyl sites for hydroxylation is 1. The second-order valence-electron chi connectivity index (χ2n) is 6.18. The Kier molecular flexibility index (Phi) is 5.47. The molecule has 20 heavy (non-hydrogen) atoms. The third-order valence-corrected chi connectivity index (χ3v) is 4.34. The maximum atomic E-state index is 6.18. The van der Waals surface area contributed by atoms with Crippen LogP contribution in [-0.2, 0) is 11.3 Å². The summed E-state index contributed by atoms with van der Waals surface area (Å²) in [6.07, 6.45) is 2.83. The fourth-order valence-electron chi connectivity index (χ4n) is 2.64. The summed E-state index contributed by atoms with van der Waals surface area (Å²) in [6.45, 7) is 11.2. The number of halogens is 1. The highest BCUT2D eigenvalue weighted by atomic mass is 35.5. The molecule has 1 fully saturated rings.